The van der Waals surface area contributed by atoms with Gasteiger partial charge in [-0.2, -0.15) is 0 Å². The molecule has 0 saturated carbocycles. The van der Waals surface area contributed by atoms with Crippen LogP contribution < -0.4 is 9.64 Å². The van der Waals surface area contributed by atoms with Crippen LogP contribution >= 0.6 is 22.9 Å². The predicted octanol–water partition coefficient (Wildman–Crippen LogP) is 6.20. The molecule has 0 bridgehead atoms. The second-order valence-electron chi connectivity index (χ2n) is 7.81. The summed E-state index contributed by atoms with van der Waals surface area (Å²) in [6.45, 7) is 5.14. The number of carbonyl (C=O) groups is 1. The van der Waals surface area contributed by atoms with Crippen LogP contribution in [0.1, 0.15) is 19.8 Å². The van der Waals surface area contributed by atoms with Gasteiger partial charge < -0.3 is 9.64 Å². The molecule has 1 fully saturated rings. The molecule has 1 aromatic carbocycles. The number of hydrogen-bond donors (Lipinski definition) is 0. The SMILES string of the molecule is CC(CCCOc1ccc(-c2ccc(Cl)s2)cc1)CN1CCN(c2ccncc2)C1=O. The van der Waals surface area contributed by atoms with E-state index in [2.05, 4.69) is 24.0 Å². The number of benzene rings is 1. The number of hydrogen-bond acceptors (Lipinski definition) is 4. The number of halogens is 1. The number of ether oxygens (including phenoxy) is 1. The second-order valence-corrected chi connectivity index (χ2v) is 9.52. The van der Waals surface area contributed by atoms with Crippen molar-refractivity contribution < 1.29 is 9.53 Å². The molecule has 2 aromatic heterocycles. The Hall–Kier alpha value is -2.57. The summed E-state index contributed by atoms with van der Waals surface area (Å²) < 4.78 is 6.70. The number of urea groups is 1. The Kier molecular flexibility index (Phi) is 7.10. The Morgan fingerprint density at radius 2 is 1.87 bits per heavy atom. The van der Waals surface area contributed by atoms with Crippen molar-refractivity contribution in [1.82, 2.24) is 9.88 Å². The smallest absolute Gasteiger partial charge is 0.324 e. The molecule has 1 aliphatic heterocycles. The van der Waals surface area contributed by atoms with Gasteiger partial charge in [-0.1, -0.05) is 18.5 Å². The summed E-state index contributed by atoms with van der Waals surface area (Å²) in [6, 6.07) is 15.9. The van der Waals surface area contributed by atoms with E-state index < -0.39 is 0 Å². The molecule has 3 heterocycles. The Bertz CT molecular complexity index is 994. The minimum atomic E-state index is 0.0846. The molecule has 1 aliphatic rings. The molecule has 0 spiro atoms. The van der Waals surface area contributed by atoms with E-state index in [1.165, 1.54) is 0 Å². The highest BCUT2D eigenvalue weighted by Crippen LogP contribution is 2.31. The van der Waals surface area contributed by atoms with Crippen molar-refractivity contribution in [1.29, 1.82) is 0 Å². The molecule has 1 atom stereocenters. The van der Waals surface area contributed by atoms with E-state index in [-0.39, 0.29) is 6.03 Å². The average molecular weight is 456 g/mol. The molecule has 1 saturated heterocycles. The van der Waals surface area contributed by atoms with E-state index in [1.54, 1.807) is 23.7 Å². The largest absolute Gasteiger partial charge is 0.494 e. The standard InChI is InChI=1S/C24H26ClN3O2S/c1-18(17-27-14-15-28(24(27)29)20-10-12-26-13-11-20)3-2-16-30-21-6-4-19(5-7-21)22-8-9-23(25)31-22/h4-13,18H,2-3,14-17H2,1H3. The number of pyridine rings is 1. The van der Waals surface area contributed by atoms with Crippen LogP contribution in [0.25, 0.3) is 10.4 Å². The van der Waals surface area contributed by atoms with Gasteiger partial charge >= 0.3 is 6.03 Å². The van der Waals surface area contributed by atoms with Gasteiger partial charge in [-0.25, -0.2) is 4.79 Å². The quantitative estimate of drug-likeness (QED) is 0.361. The van der Waals surface area contributed by atoms with Crippen molar-refractivity contribution in [2.75, 3.05) is 31.1 Å². The highest BCUT2D eigenvalue weighted by Gasteiger charge is 2.30. The molecule has 3 aromatic rings. The normalized spacial score (nSPS) is 14.8. The van der Waals surface area contributed by atoms with E-state index in [0.717, 1.165) is 58.7 Å². The van der Waals surface area contributed by atoms with Crippen molar-refractivity contribution in [3.05, 3.63) is 65.3 Å². The number of aromatic nitrogens is 1. The van der Waals surface area contributed by atoms with Crippen LogP contribution in [0, 0.1) is 5.92 Å². The van der Waals surface area contributed by atoms with Crippen LogP contribution in [-0.2, 0) is 0 Å². The third-order valence-electron chi connectivity index (χ3n) is 5.42. The number of amides is 2. The predicted molar refractivity (Wildman–Crippen MR) is 127 cm³/mol. The molecule has 0 aliphatic carbocycles. The molecule has 5 nitrogen and oxygen atoms in total. The van der Waals surface area contributed by atoms with Crippen molar-refractivity contribution in [3.8, 4) is 16.2 Å². The summed E-state index contributed by atoms with van der Waals surface area (Å²) in [7, 11) is 0. The number of rotatable bonds is 9. The first kappa shape index (κ1) is 21.7. The van der Waals surface area contributed by atoms with Crippen LogP contribution in [0.15, 0.2) is 60.9 Å². The molecule has 0 radical (unpaired) electrons. The maximum atomic E-state index is 12.7. The van der Waals surface area contributed by atoms with Crippen molar-refractivity contribution in [2.45, 2.75) is 19.8 Å². The Morgan fingerprint density at radius 3 is 2.58 bits per heavy atom. The third-order valence-corrected chi connectivity index (χ3v) is 6.70. The average Bonchev–Trinajstić information content (AvgIpc) is 3.38. The summed E-state index contributed by atoms with van der Waals surface area (Å²) in [5.41, 5.74) is 2.06. The van der Waals surface area contributed by atoms with Crippen LogP contribution in [0.2, 0.25) is 4.34 Å². The maximum absolute atomic E-state index is 12.7. The molecule has 0 N–H and O–H groups in total. The summed E-state index contributed by atoms with van der Waals surface area (Å²) in [5.74, 6) is 1.30. The third kappa shape index (κ3) is 5.57. The topological polar surface area (TPSA) is 45.7 Å². The molecular weight excluding hydrogens is 430 g/mol. The lowest BCUT2D eigenvalue weighted by atomic mass is 10.1. The minimum absolute atomic E-state index is 0.0846. The van der Waals surface area contributed by atoms with E-state index in [0.29, 0.717) is 12.5 Å². The number of nitrogens with zero attached hydrogens (tertiary/aromatic N) is 3. The van der Waals surface area contributed by atoms with E-state index in [9.17, 15) is 4.79 Å². The first-order chi connectivity index (χ1) is 15.1. The van der Waals surface area contributed by atoms with Gasteiger partial charge in [0.15, 0.2) is 0 Å². The molecule has 7 heteroatoms. The Morgan fingerprint density at radius 1 is 1.10 bits per heavy atom. The van der Waals surface area contributed by atoms with Crippen LogP contribution in [-0.4, -0.2) is 42.2 Å². The monoisotopic (exact) mass is 455 g/mol. The summed E-state index contributed by atoms with van der Waals surface area (Å²) in [5, 5.41) is 0. The summed E-state index contributed by atoms with van der Waals surface area (Å²) >= 11 is 7.59. The second kappa shape index (κ2) is 10.2. The lowest BCUT2D eigenvalue weighted by Crippen LogP contribution is -2.34. The van der Waals surface area contributed by atoms with E-state index >= 15 is 0 Å². The zero-order valence-corrected chi connectivity index (χ0v) is 19.1. The zero-order valence-electron chi connectivity index (χ0n) is 17.5. The molecule has 2 amide bonds. The number of anilines is 1. The van der Waals surface area contributed by atoms with E-state index in [4.69, 9.17) is 16.3 Å². The number of carbonyl (C=O) groups excluding carboxylic acids is 1. The van der Waals surface area contributed by atoms with Crippen molar-refractivity contribution in [2.24, 2.45) is 5.92 Å². The van der Waals surface area contributed by atoms with Gasteiger partial charge in [0, 0.05) is 42.6 Å². The summed E-state index contributed by atoms with van der Waals surface area (Å²) in [6.07, 6.45) is 5.42. The van der Waals surface area contributed by atoms with Gasteiger partial charge in [0.05, 0.1) is 10.9 Å². The van der Waals surface area contributed by atoms with Crippen molar-refractivity contribution >= 4 is 34.7 Å². The highest BCUT2D eigenvalue weighted by atomic mass is 35.5. The van der Waals surface area contributed by atoms with Gasteiger partial charge in [0.1, 0.15) is 5.75 Å². The molecule has 162 valence electrons. The van der Waals surface area contributed by atoms with Gasteiger partial charge in [-0.3, -0.25) is 9.88 Å². The van der Waals surface area contributed by atoms with Gasteiger partial charge in [-0.05, 0) is 72.9 Å². The van der Waals surface area contributed by atoms with Crippen LogP contribution in [0.3, 0.4) is 0 Å². The van der Waals surface area contributed by atoms with Crippen molar-refractivity contribution in [3.63, 3.8) is 0 Å². The number of thiophene rings is 1. The molecule has 1 unspecified atom stereocenters. The fourth-order valence-corrected chi connectivity index (χ4v) is 4.84. The maximum Gasteiger partial charge on any atom is 0.324 e. The molecule has 4 rings (SSSR count). The van der Waals surface area contributed by atoms with Crippen LogP contribution in [0.5, 0.6) is 5.75 Å². The minimum Gasteiger partial charge on any atom is -0.494 e. The van der Waals surface area contributed by atoms with E-state index in [1.807, 2.05) is 46.2 Å². The van der Waals surface area contributed by atoms with Gasteiger partial charge in [0.2, 0.25) is 0 Å². The molecular formula is C24H26ClN3O2S. The Balaban J connectivity index is 1.18. The fraction of sp³-hybridized carbons (Fsp3) is 0.333. The fourth-order valence-electron chi connectivity index (χ4n) is 3.79. The first-order valence-corrected chi connectivity index (χ1v) is 11.7. The molecule has 31 heavy (non-hydrogen) atoms. The zero-order chi connectivity index (χ0) is 21.6. The lowest BCUT2D eigenvalue weighted by Gasteiger charge is -2.22. The first-order valence-electron chi connectivity index (χ1n) is 10.5. The van der Waals surface area contributed by atoms with Crippen LogP contribution in [0.4, 0.5) is 10.5 Å². The van der Waals surface area contributed by atoms with Gasteiger partial charge in [0.25, 0.3) is 0 Å². The highest BCUT2D eigenvalue weighted by molar-refractivity contribution is 7.19. The Labute approximate surface area is 192 Å². The van der Waals surface area contributed by atoms with Gasteiger partial charge in [-0.15, -0.1) is 11.3 Å². The lowest BCUT2D eigenvalue weighted by molar-refractivity contribution is 0.209. The summed E-state index contributed by atoms with van der Waals surface area (Å²) in [4.78, 5) is 21.6.